The van der Waals surface area contributed by atoms with E-state index in [4.69, 9.17) is 0 Å². The van der Waals surface area contributed by atoms with Crippen LogP contribution in [0.2, 0.25) is 0 Å². The Labute approximate surface area is 637 Å². The van der Waals surface area contributed by atoms with Crippen molar-refractivity contribution in [2.75, 3.05) is 0 Å². The molecule has 6 aromatic rings. The van der Waals surface area contributed by atoms with Gasteiger partial charge in [-0.05, 0) is 142 Å². The molecule has 0 spiro atoms. The summed E-state index contributed by atoms with van der Waals surface area (Å²) in [5.41, 5.74) is 4.92. The second-order valence-electron chi connectivity index (χ2n) is 29.5. The van der Waals surface area contributed by atoms with Gasteiger partial charge in [0.1, 0.15) is 0 Å². The van der Waals surface area contributed by atoms with Gasteiger partial charge in [-0.2, -0.15) is 0 Å². The second-order valence-corrected chi connectivity index (χ2v) is 36.2. The number of thiophene rings is 4. The van der Waals surface area contributed by atoms with Crippen LogP contribution < -0.4 is 0 Å². The summed E-state index contributed by atoms with van der Waals surface area (Å²) in [5.74, 6) is 32.9. The van der Waals surface area contributed by atoms with Crippen LogP contribution in [0.25, 0.3) is 40.3 Å². The molecule has 4 heterocycles. The fourth-order valence-electron chi connectivity index (χ4n) is 14.7. The molecule has 2 aromatic carbocycles. The first-order valence-electron chi connectivity index (χ1n) is 41.4. The van der Waals surface area contributed by atoms with Gasteiger partial charge in [0.25, 0.3) is 0 Å². The molecule has 4 atom stereocenters. The van der Waals surface area contributed by atoms with E-state index in [1.54, 1.807) is 0 Å². The van der Waals surface area contributed by atoms with Gasteiger partial charge in [-0.1, -0.05) is 360 Å². The molecule has 0 N–H and O–H groups in total. The standard InChI is InChI=1S/C46H68Br2S2.C46H70S2/c1-5-9-13-17-19-23-29-37(27-21-15-11-7-3)31-25-33-39-41-35-43(47)50-46(41)40(42-36-44(48)49-45(39)42)34-26-32-38(28-22-16-12-8-4)30-24-20-18-14-10-6-2;1-5-9-13-17-19-23-29-39(27-21-15-11-7-3)31-25-33-41-43-35-37-48-46(43)42(44-36-38-47-45(41)44)34-26-32-40(28-22-16-12-8-4)30-24-20-18-14-10-6-2/h35-38H,5-24,27-32H2,1-4H3;35-40H,5-24,27-32H2,1-4H3. The van der Waals surface area contributed by atoms with E-state index in [0.717, 1.165) is 49.4 Å². The molecule has 0 saturated carbocycles. The molecule has 6 heteroatoms. The average molecular weight is 1530 g/mol. The minimum Gasteiger partial charge on any atom is -0.142 e. The van der Waals surface area contributed by atoms with E-state index in [1.165, 1.54) is 378 Å². The maximum Gasteiger partial charge on any atom is 0.0711 e. The Hall–Kier alpha value is -2.52. The van der Waals surface area contributed by atoms with Crippen LogP contribution in [0.15, 0.2) is 42.6 Å². The summed E-state index contributed by atoms with van der Waals surface area (Å²) < 4.78 is 7.62. The lowest BCUT2D eigenvalue weighted by molar-refractivity contribution is 0.412. The van der Waals surface area contributed by atoms with Crippen LogP contribution in [0.1, 0.15) is 412 Å². The average Bonchev–Trinajstić information content (AvgIpc) is 1.57. The molecule has 4 unspecified atom stereocenters. The highest BCUT2D eigenvalue weighted by Gasteiger charge is 2.20. The van der Waals surface area contributed by atoms with Crippen molar-refractivity contribution in [3.8, 4) is 47.4 Å². The van der Waals surface area contributed by atoms with Crippen molar-refractivity contribution in [3.63, 3.8) is 0 Å². The summed E-state index contributed by atoms with van der Waals surface area (Å²) in [4.78, 5) is 0. The Bertz CT molecular complexity index is 2960. The van der Waals surface area contributed by atoms with Crippen molar-refractivity contribution in [1.82, 2.24) is 0 Å². The van der Waals surface area contributed by atoms with Gasteiger partial charge in [-0.3, -0.25) is 0 Å². The largest absolute Gasteiger partial charge is 0.142 e. The third-order valence-electron chi connectivity index (χ3n) is 20.9. The van der Waals surface area contributed by atoms with Crippen molar-refractivity contribution < 1.29 is 0 Å². The highest BCUT2D eigenvalue weighted by atomic mass is 79.9. The minimum absolute atomic E-state index is 0.720. The molecule has 0 aliphatic rings. The number of benzene rings is 2. The Balaban J connectivity index is 0.000000354. The highest BCUT2D eigenvalue weighted by Crippen LogP contribution is 2.44. The van der Waals surface area contributed by atoms with Crippen LogP contribution in [-0.2, 0) is 0 Å². The Morgan fingerprint density at radius 1 is 0.265 bits per heavy atom. The van der Waals surface area contributed by atoms with Gasteiger partial charge in [-0.25, -0.2) is 0 Å². The van der Waals surface area contributed by atoms with Crippen molar-refractivity contribution in [1.29, 1.82) is 0 Å². The lowest BCUT2D eigenvalue weighted by Crippen LogP contribution is -2.00. The quantitative estimate of drug-likeness (QED) is 0.0264. The zero-order valence-electron chi connectivity index (χ0n) is 63.9. The van der Waals surface area contributed by atoms with Crippen LogP contribution in [0.3, 0.4) is 0 Å². The highest BCUT2D eigenvalue weighted by molar-refractivity contribution is 9.11. The molecule has 0 fully saturated rings. The zero-order valence-corrected chi connectivity index (χ0v) is 70.4. The van der Waals surface area contributed by atoms with Gasteiger partial charge in [0.15, 0.2) is 0 Å². The van der Waals surface area contributed by atoms with Crippen molar-refractivity contribution in [2.45, 2.75) is 389 Å². The van der Waals surface area contributed by atoms with Crippen LogP contribution in [0, 0.1) is 71.0 Å². The molecular formula is C92H138Br2S4. The van der Waals surface area contributed by atoms with Crippen LogP contribution in [0.5, 0.6) is 0 Å². The summed E-state index contributed by atoms with van der Waals surface area (Å²) in [6.07, 6.45) is 69.6. The molecule has 0 amide bonds. The van der Waals surface area contributed by atoms with Crippen LogP contribution >= 0.6 is 77.2 Å². The van der Waals surface area contributed by atoms with Gasteiger partial charge < -0.3 is 0 Å². The van der Waals surface area contributed by atoms with Gasteiger partial charge in [0.2, 0.25) is 0 Å². The Morgan fingerprint density at radius 3 is 0.704 bits per heavy atom. The number of hydrogen-bond donors (Lipinski definition) is 0. The molecular weight excluding hydrogens is 1390 g/mol. The molecule has 0 saturated heterocycles. The first-order valence-corrected chi connectivity index (χ1v) is 46.4. The molecule has 6 rings (SSSR count). The Kier molecular flexibility index (Phi) is 49.2. The molecule has 0 radical (unpaired) electrons. The Morgan fingerprint density at radius 2 is 0.469 bits per heavy atom. The number of halogens is 2. The summed E-state index contributed by atoms with van der Waals surface area (Å²) >= 11 is 15.1. The first kappa shape index (κ1) is 86.1. The second kappa shape index (κ2) is 55.9. The molecule has 0 bridgehead atoms. The number of hydrogen-bond acceptors (Lipinski definition) is 4. The number of unbranched alkanes of at least 4 members (excludes halogenated alkanes) is 32. The predicted octanol–water partition coefficient (Wildman–Crippen LogP) is 34.1. The minimum atomic E-state index is 0.720. The molecule has 0 aliphatic heterocycles. The topological polar surface area (TPSA) is 0 Å². The maximum absolute atomic E-state index is 3.85. The summed E-state index contributed by atoms with van der Waals surface area (Å²) in [6, 6.07) is 9.22. The smallest absolute Gasteiger partial charge is 0.0711 e. The van der Waals surface area contributed by atoms with E-state index >= 15 is 0 Å². The number of rotatable bonds is 52. The SMILES string of the molecule is CCCCCCCCC(CC#Cc1c2cc(Br)sc2c(C#CCC(CCCCCC)CCCCCCCC)c2cc(Br)sc12)CCCCCC.CCCCCCCCC(CC#Cc1c2ccsc2c(C#CCC(CCCCCC)CCCCCCCC)c2ccsc12)CCCCCC. The van der Waals surface area contributed by atoms with E-state index in [9.17, 15) is 0 Å². The van der Waals surface area contributed by atoms with Crippen molar-refractivity contribution >= 4 is 118 Å². The zero-order chi connectivity index (χ0) is 69.9. The summed E-state index contributed by atoms with van der Waals surface area (Å²) in [6.45, 7) is 18.5. The van der Waals surface area contributed by atoms with Gasteiger partial charge in [0.05, 0.1) is 48.6 Å². The third kappa shape index (κ3) is 33.9. The first-order chi connectivity index (χ1) is 48.2. The van der Waals surface area contributed by atoms with Crippen LogP contribution in [0.4, 0.5) is 0 Å². The fourth-order valence-corrected chi connectivity index (χ4v) is 19.7. The normalized spacial score (nSPS) is 12.6. The molecule has 4 aromatic heterocycles. The fraction of sp³-hybridized carbons (Fsp3) is 0.696. The molecule has 544 valence electrons. The van der Waals surface area contributed by atoms with Gasteiger partial charge in [-0.15, -0.1) is 45.3 Å². The predicted molar refractivity (Wildman–Crippen MR) is 457 cm³/mol. The molecule has 98 heavy (non-hydrogen) atoms. The van der Waals surface area contributed by atoms with Gasteiger partial charge >= 0.3 is 0 Å². The third-order valence-corrected chi connectivity index (χ3v) is 26.0. The van der Waals surface area contributed by atoms with E-state index in [0.29, 0.717) is 0 Å². The lowest BCUT2D eigenvalue weighted by Gasteiger charge is -2.14. The van der Waals surface area contributed by atoms with Crippen LogP contribution in [-0.4, -0.2) is 0 Å². The maximum atomic E-state index is 3.85. The molecule has 0 nitrogen and oxygen atoms in total. The van der Waals surface area contributed by atoms with E-state index < -0.39 is 0 Å². The number of fused-ring (bicyclic) bond motifs is 4. The molecule has 0 aliphatic carbocycles. The monoisotopic (exact) mass is 1530 g/mol. The summed E-state index contributed by atoms with van der Waals surface area (Å²) in [7, 11) is 0. The van der Waals surface area contributed by atoms with Gasteiger partial charge in [0, 0.05) is 47.2 Å². The van der Waals surface area contributed by atoms with Crippen molar-refractivity contribution in [3.05, 3.63) is 64.9 Å². The lowest BCUT2D eigenvalue weighted by atomic mass is 9.91. The summed E-state index contributed by atoms with van der Waals surface area (Å²) in [5, 5.41) is 9.72. The van der Waals surface area contributed by atoms with E-state index in [2.05, 4.69) is 170 Å². The van der Waals surface area contributed by atoms with E-state index in [-0.39, 0.29) is 0 Å². The van der Waals surface area contributed by atoms with E-state index in [1.807, 2.05) is 45.3 Å². The van der Waals surface area contributed by atoms with Crippen molar-refractivity contribution in [2.24, 2.45) is 23.7 Å².